The largest absolute Gasteiger partial charge is 0.352 e. The summed E-state index contributed by atoms with van der Waals surface area (Å²) in [4.78, 5) is 27.0. The van der Waals surface area contributed by atoms with E-state index in [4.69, 9.17) is 11.6 Å². The molecule has 0 radical (unpaired) electrons. The minimum Gasteiger partial charge on any atom is -0.352 e. The van der Waals surface area contributed by atoms with Crippen LogP contribution < -0.4 is 5.32 Å². The van der Waals surface area contributed by atoms with Gasteiger partial charge < -0.3 is 10.2 Å². The Bertz CT molecular complexity index is 760. The van der Waals surface area contributed by atoms with Gasteiger partial charge in [-0.1, -0.05) is 41.9 Å². The van der Waals surface area contributed by atoms with Crippen molar-refractivity contribution in [1.29, 1.82) is 0 Å². The third-order valence-electron chi connectivity index (χ3n) is 4.01. The van der Waals surface area contributed by atoms with Crippen molar-refractivity contribution < 1.29 is 9.59 Å². The number of carbonyl (C=O) groups excluding carboxylic acids is 2. The molecule has 0 aliphatic carbocycles. The maximum atomic E-state index is 12.9. The van der Waals surface area contributed by atoms with Gasteiger partial charge in [-0.15, -0.1) is 0 Å². The van der Waals surface area contributed by atoms with Crippen LogP contribution in [-0.2, 0) is 4.79 Å². The van der Waals surface area contributed by atoms with Crippen LogP contribution in [0.15, 0.2) is 48.5 Å². The summed E-state index contributed by atoms with van der Waals surface area (Å²) >= 11 is 6.05. The summed E-state index contributed by atoms with van der Waals surface area (Å²) in [5, 5.41) is 3.37. The molecule has 0 saturated carbocycles. The number of hydrogen-bond donors (Lipinski definition) is 1. The van der Waals surface area contributed by atoms with Crippen molar-refractivity contribution in [1.82, 2.24) is 10.2 Å². The normalized spacial score (nSPS) is 17.7. The van der Waals surface area contributed by atoms with Crippen molar-refractivity contribution in [3.63, 3.8) is 0 Å². The van der Waals surface area contributed by atoms with Crippen molar-refractivity contribution in [2.75, 3.05) is 13.1 Å². The number of benzene rings is 2. The van der Waals surface area contributed by atoms with E-state index in [0.29, 0.717) is 23.7 Å². The van der Waals surface area contributed by atoms with Crippen molar-refractivity contribution >= 4 is 23.4 Å². The second-order valence-corrected chi connectivity index (χ2v) is 6.00. The maximum Gasteiger partial charge on any atom is 0.255 e. The van der Waals surface area contributed by atoms with Crippen LogP contribution in [0.5, 0.6) is 0 Å². The van der Waals surface area contributed by atoms with Gasteiger partial charge in [0, 0.05) is 23.7 Å². The molecule has 1 atom stereocenters. The fourth-order valence-corrected chi connectivity index (χ4v) is 3.06. The Morgan fingerprint density at radius 2 is 2.00 bits per heavy atom. The summed E-state index contributed by atoms with van der Waals surface area (Å²) in [6.45, 7) is 2.81. The molecule has 2 aromatic rings. The van der Waals surface area contributed by atoms with Crippen molar-refractivity contribution in [2.45, 2.75) is 13.0 Å². The second kappa shape index (κ2) is 6.42. The third kappa shape index (κ3) is 3.08. The van der Waals surface area contributed by atoms with E-state index in [9.17, 15) is 9.59 Å². The Hall–Kier alpha value is -2.33. The zero-order valence-electron chi connectivity index (χ0n) is 12.8. The van der Waals surface area contributed by atoms with Crippen LogP contribution in [0.1, 0.15) is 27.5 Å². The highest BCUT2D eigenvalue weighted by atomic mass is 35.5. The summed E-state index contributed by atoms with van der Waals surface area (Å²) in [6.07, 6.45) is 0. The van der Waals surface area contributed by atoms with Gasteiger partial charge in [-0.2, -0.15) is 0 Å². The number of carbonyl (C=O) groups is 2. The average Bonchev–Trinajstić information content (AvgIpc) is 2.54. The minimum atomic E-state index is -0.658. The number of nitrogens with zero attached hydrogens (tertiary/aromatic N) is 1. The van der Waals surface area contributed by atoms with Crippen LogP contribution in [-0.4, -0.2) is 29.8 Å². The maximum absolute atomic E-state index is 12.9. The summed E-state index contributed by atoms with van der Waals surface area (Å²) in [5.74, 6) is -0.316. The van der Waals surface area contributed by atoms with E-state index in [1.807, 2.05) is 31.2 Å². The first-order chi connectivity index (χ1) is 11.1. The first kappa shape index (κ1) is 15.6. The molecule has 0 spiro atoms. The number of amides is 2. The van der Waals surface area contributed by atoms with Gasteiger partial charge in [0.15, 0.2) is 0 Å². The molecular formula is C18H17ClN2O2. The minimum absolute atomic E-state index is 0.136. The van der Waals surface area contributed by atoms with Gasteiger partial charge in [0.1, 0.15) is 6.04 Å². The Balaban J connectivity index is 2.00. The first-order valence-electron chi connectivity index (χ1n) is 7.47. The molecule has 23 heavy (non-hydrogen) atoms. The van der Waals surface area contributed by atoms with Gasteiger partial charge in [-0.3, -0.25) is 9.59 Å². The molecule has 1 aliphatic rings. The molecule has 0 aromatic heterocycles. The lowest BCUT2D eigenvalue weighted by atomic mass is 10.00. The van der Waals surface area contributed by atoms with Crippen LogP contribution >= 0.6 is 11.6 Å². The summed E-state index contributed by atoms with van der Waals surface area (Å²) in [7, 11) is 0. The lowest BCUT2D eigenvalue weighted by Gasteiger charge is -2.35. The van der Waals surface area contributed by atoms with Crippen LogP contribution in [0.3, 0.4) is 0 Å². The van der Waals surface area contributed by atoms with Crippen LogP contribution in [0.4, 0.5) is 0 Å². The molecule has 4 nitrogen and oxygen atoms in total. The van der Waals surface area contributed by atoms with Gasteiger partial charge >= 0.3 is 0 Å². The Labute approximate surface area is 140 Å². The first-order valence-corrected chi connectivity index (χ1v) is 7.85. The van der Waals surface area contributed by atoms with E-state index < -0.39 is 6.04 Å². The fourth-order valence-electron chi connectivity index (χ4n) is 2.86. The molecule has 118 valence electrons. The summed E-state index contributed by atoms with van der Waals surface area (Å²) in [6, 6.07) is 13.8. The highest BCUT2D eigenvalue weighted by Gasteiger charge is 2.35. The van der Waals surface area contributed by atoms with Crippen molar-refractivity contribution in [3.8, 4) is 0 Å². The molecule has 2 amide bonds. The lowest BCUT2D eigenvalue weighted by Crippen LogP contribution is -2.52. The summed E-state index contributed by atoms with van der Waals surface area (Å²) < 4.78 is 0. The van der Waals surface area contributed by atoms with E-state index >= 15 is 0 Å². The zero-order valence-corrected chi connectivity index (χ0v) is 13.5. The van der Waals surface area contributed by atoms with E-state index in [-0.39, 0.29) is 11.8 Å². The zero-order chi connectivity index (χ0) is 16.4. The molecule has 1 unspecified atom stereocenters. The molecule has 1 saturated heterocycles. The number of aryl methyl sites for hydroxylation is 1. The van der Waals surface area contributed by atoms with Gasteiger partial charge in [-0.25, -0.2) is 0 Å². The number of nitrogens with one attached hydrogen (secondary N) is 1. The number of rotatable bonds is 2. The van der Waals surface area contributed by atoms with E-state index in [2.05, 4.69) is 5.32 Å². The quantitative estimate of drug-likeness (QED) is 0.921. The Morgan fingerprint density at radius 3 is 2.74 bits per heavy atom. The summed E-state index contributed by atoms with van der Waals surface area (Å²) in [5.41, 5.74) is 2.24. The molecule has 1 fully saturated rings. The smallest absolute Gasteiger partial charge is 0.255 e. The second-order valence-electron chi connectivity index (χ2n) is 5.56. The predicted molar refractivity (Wildman–Crippen MR) is 89.4 cm³/mol. The van der Waals surface area contributed by atoms with E-state index in [1.165, 1.54) is 0 Å². The molecule has 5 heteroatoms. The van der Waals surface area contributed by atoms with Crippen LogP contribution in [0.2, 0.25) is 5.02 Å². The highest BCUT2D eigenvalue weighted by molar-refractivity contribution is 6.30. The lowest BCUT2D eigenvalue weighted by molar-refractivity contribution is -0.128. The third-order valence-corrected chi connectivity index (χ3v) is 4.25. The van der Waals surface area contributed by atoms with Gasteiger partial charge in [-0.05, 0) is 36.2 Å². The van der Waals surface area contributed by atoms with Crippen LogP contribution in [0, 0.1) is 6.92 Å². The fraction of sp³-hybridized carbons (Fsp3) is 0.222. The number of halogens is 1. The molecule has 1 heterocycles. The monoisotopic (exact) mass is 328 g/mol. The van der Waals surface area contributed by atoms with Gasteiger partial charge in [0.25, 0.3) is 5.91 Å². The molecule has 1 N–H and O–H groups in total. The highest BCUT2D eigenvalue weighted by Crippen LogP contribution is 2.27. The molecule has 3 rings (SSSR count). The van der Waals surface area contributed by atoms with Gasteiger partial charge in [0.05, 0.1) is 0 Å². The molecule has 0 bridgehead atoms. The SMILES string of the molecule is Cc1ccccc1C(=O)N1CCNC(=O)C1c1cccc(Cl)c1. The molecule has 2 aromatic carbocycles. The standard InChI is InChI=1S/C18H17ClN2O2/c1-12-5-2-3-8-15(12)18(23)21-10-9-20-17(22)16(21)13-6-4-7-14(19)11-13/h2-8,11,16H,9-10H2,1H3,(H,20,22). The van der Waals surface area contributed by atoms with Gasteiger partial charge in [0.2, 0.25) is 5.91 Å². The average molecular weight is 329 g/mol. The van der Waals surface area contributed by atoms with Crippen molar-refractivity contribution in [2.24, 2.45) is 0 Å². The topological polar surface area (TPSA) is 49.4 Å². The van der Waals surface area contributed by atoms with Crippen LogP contribution in [0.25, 0.3) is 0 Å². The van der Waals surface area contributed by atoms with Crippen molar-refractivity contribution in [3.05, 3.63) is 70.2 Å². The molecular weight excluding hydrogens is 312 g/mol. The Kier molecular flexibility index (Phi) is 4.35. The Morgan fingerprint density at radius 1 is 1.22 bits per heavy atom. The predicted octanol–water partition coefficient (Wildman–Crippen LogP) is 2.96. The number of hydrogen-bond acceptors (Lipinski definition) is 2. The van der Waals surface area contributed by atoms with E-state index in [0.717, 1.165) is 11.1 Å². The number of piperazine rings is 1. The van der Waals surface area contributed by atoms with E-state index in [1.54, 1.807) is 29.2 Å². The molecule has 1 aliphatic heterocycles.